The van der Waals surface area contributed by atoms with Gasteiger partial charge in [0.15, 0.2) is 0 Å². The summed E-state index contributed by atoms with van der Waals surface area (Å²) < 4.78 is 1.58. The molecule has 3 N–H and O–H groups in total. The third-order valence-electron chi connectivity index (χ3n) is 3.17. The molecular formula is C12H14N4O3S. The molecule has 0 unspecified atom stereocenters. The third kappa shape index (κ3) is 2.43. The highest BCUT2D eigenvalue weighted by Crippen LogP contribution is 2.28. The highest BCUT2D eigenvalue weighted by Gasteiger charge is 2.18. The fraction of sp³-hybridized carbons (Fsp3) is 0.250. The molecule has 1 aromatic carbocycles. The summed E-state index contributed by atoms with van der Waals surface area (Å²) in [5.74, 6) is 5.38. The van der Waals surface area contributed by atoms with Gasteiger partial charge in [0, 0.05) is 22.2 Å². The topological polar surface area (TPSA) is 103 Å². The van der Waals surface area contributed by atoms with Crippen LogP contribution in [0.3, 0.4) is 0 Å². The zero-order chi connectivity index (χ0) is 14.9. The maximum atomic E-state index is 11.9. The van der Waals surface area contributed by atoms with Gasteiger partial charge in [0.05, 0.1) is 11.5 Å². The summed E-state index contributed by atoms with van der Waals surface area (Å²) in [5.41, 5.74) is 3.94. The fourth-order valence-electron chi connectivity index (χ4n) is 1.98. The lowest BCUT2D eigenvalue weighted by Crippen LogP contribution is -2.18. The van der Waals surface area contributed by atoms with Crippen LogP contribution in [0.25, 0.3) is 0 Å². The van der Waals surface area contributed by atoms with Crippen molar-refractivity contribution in [2.45, 2.75) is 20.4 Å². The molecule has 1 heterocycles. The van der Waals surface area contributed by atoms with Crippen LogP contribution in [0.2, 0.25) is 0 Å². The molecule has 0 saturated carbocycles. The molecular weight excluding hydrogens is 280 g/mol. The first-order valence-corrected chi connectivity index (χ1v) is 6.67. The Balaban J connectivity index is 2.51. The van der Waals surface area contributed by atoms with Crippen LogP contribution >= 0.6 is 11.3 Å². The number of thiazole rings is 1. The minimum absolute atomic E-state index is 0.0884. The van der Waals surface area contributed by atoms with Crippen molar-refractivity contribution in [1.29, 1.82) is 0 Å². The highest BCUT2D eigenvalue weighted by molar-refractivity contribution is 7.09. The Morgan fingerprint density at radius 2 is 2.15 bits per heavy atom. The minimum atomic E-state index is -0.507. The Kier molecular flexibility index (Phi) is 3.86. The lowest BCUT2D eigenvalue weighted by Gasteiger charge is -2.10. The number of hydrogen-bond donors (Lipinski definition) is 2. The molecule has 106 valence electrons. The predicted molar refractivity (Wildman–Crippen MR) is 78.1 cm³/mol. The Bertz CT molecular complexity index is 720. The molecule has 0 fully saturated rings. The van der Waals surface area contributed by atoms with Gasteiger partial charge in [-0.2, -0.15) is 0 Å². The molecule has 2 aromatic rings. The first-order valence-electron chi connectivity index (χ1n) is 5.85. The average Bonchev–Trinajstić information content (AvgIpc) is 2.65. The van der Waals surface area contributed by atoms with Crippen LogP contribution in [-0.2, 0) is 6.54 Å². The third-order valence-corrected chi connectivity index (χ3v) is 4.17. The number of para-hydroxylation sites is 1. The second kappa shape index (κ2) is 5.43. The number of nitro groups is 1. The second-order valence-corrected chi connectivity index (χ2v) is 5.47. The second-order valence-electron chi connectivity index (χ2n) is 4.31. The van der Waals surface area contributed by atoms with Crippen molar-refractivity contribution in [3.8, 4) is 0 Å². The monoisotopic (exact) mass is 294 g/mol. The number of aryl methyl sites for hydroxylation is 1. The molecule has 0 aliphatic carbocycles. The molecule has 0 aliphatic heterocycles. The first kappa shape index (κ1) is 14.2. The number of anilines is 1. The van der Waals surface area contributed by atoms with E-state index in [1.54, 1.807) is 16.7 Å². The van der Waals surface area contributed by atoms with E-state index in [1.807, 2.05) is 13.8 Å². The fourth-order valence-corrected chi connectivity index (χ4v) is 2.81. The standard InChI is InChI=1S/C12H14N4O3S/c1-7-8(2)20-12(17)15(7)6-9-4-3-5-10(16(18)19)11(9)14-13/h3-5,14H,6,13H2,1-2H3. The van der Waals surface area contributed by atoms with Crippen molar-refractivity contribution < 1.29 is 4.92 Å². The van der Waals surface area contributed by atoms with Gasteiger partial charge >= 0.3 is 4.87 Å². The van der Waals surface area contributed by atoms with Crippen molar-refractivity contribution in [2.24, 2.45) is 5.84 Å². The molecule has 0 bridgehead atoms. The largest absolute Gasteiger partial charge is 0.318 e. The van der Waals surface area contributed by atoms with Crippen LogP contribution in [0.4, 0.5) is 11.4 Å². The Morgan fingerprint density at radius 3 is 2.65 bits per heavy atom. The van der Waals surface area contributed by atoms with Crippen molar-refractivity contribution in [3.63, 3.8) is 0 Å². The highest BCUT2D eigenvalue weighted by atomic mass is 32.1. The number of aromatic nitrogens is 1. The van der Waals surface area contributed by atoms with Gasteiger partial charge in [0.25, 0.3) is 5.69 Å². The maximum Gasteiger partial charge on any atom is 0.307 e. The number of nitrogens with one attached hydrogen (secondary N) is 1. The van der Waals surface area contributed by atoms with Crippen LogP contribution in [0, 0.1) is 24.0 Å². The first-order chi connectivity index (χ1) is 9.45. The van der Waals surface area contributed by atoms with Crippen molar-refractivity contribution in [3.05, 3.63) is 54.1 Å². The minimum Gasteiger partial charge on any atom is -0.318 e. The zero-order valence-electron chi connectivity index (χ0n) is 11.0. The number of hydrogen-bond acceptors (Lipinski definition) is 6. The van der Waals surface area contributed by atoms with Gasteiger partial charge in [-0.05, 0) is 13.8 Å². The molecule has 0 spiro atoms. The van der Waals surface area contributed by atoms with Crippen LogP contribution in [-0.4, -0.2) is 9.49 Å². The van der Waals surface area contributed by atoms with Gasteiger partial charge in [-0.3, -0.25) is 25.3 Å². The van der Waals surface area contributed by atoms with Crippen molar-refractivity contribution >= 4 is 22.7 Å². The van der Waals surface area contributed by atoms with Crippen LogP contribution in [0.5, 0.6) is 0 Å². The normalized spacial score (nSPS) is 10.6. The van der Waals surface area contributed by atoms with Crippen LogP contribution in [0.15, 0.2) is 23.0 Å². The van der Waals surface area contributed by atoms with Crippen LogP contribution < -0.4 is 16.1 Å². The lowest BCUT2D eigenvalue weighted by atomic mass is 10.1. The van der Waals surface area contributed by atoms with E-state index in [2.05, 4.69) is 5.43 Å². The molecule has 7 nitrogen and oxygen atoms in total. The zero-order valence-corrected chi connectivity index (χ0v) is 11.9. The van der Waals surface area contributed by atoms with E-state index in [4.69, 9.17) is 5.84 Å². The van der Waals surface area contributed by atoms with E-state index in [0.717, 1.165) is 21.9 Å². The molecule has 2 rings (SSSR count). The number of hydrazine groups is 1. The van der Waals surface area contributed by atoms with E-state index in [1.165, 1.54) is 6.07 Å². The van der Waals surface area contributed by atoms with E-state index < -0.39 is 4.92 Å². The van der Waals surface area contributed by atoms with Crippen molar-refractivity contribution in [2.75, 3.05) is 5.43 Å². The van der Waals surface area contributed by atoms with Gasteiger partial charge in [0.1, 0.15) is 5.69 Å². The number of nitrogen functional groups attached to an aromatic ring is 1. The van der Waals surface area contributed by atoms with E-state index >= 15 is 0 Å². The Hall–Kier alpha value is -2.19. The lowest BCUT2D eigenvalue weighted by molar-refractivity contribution is -0.384. The number of benzene rings is 1. The van der Waals surface area contributed by atoms with Gasteiger partial charge in [0.2, 0.25) is 0 Å². The molecule has 0 aliphatic rings. The van der Waals surface area contributed by atoms with Gasteiger partial charge in [-0.25, -0.2) is 0 Å². The van der Waals surface area contributed by atoms with Gasteiger partial charge in [-0.1, -0.05) is 23.5 Å². The summed E-state index contributed by atoms with van der Waals surface area (Å²) in [6.07, 6.45) is 0. The molecule has 0 amide bonds. The number of nitrogens with two attached hydrogens (primary N) is 1. The SMILES string of the molecule is Cc1sc(=O)n(Cc2cccc([N+](=O)[O-])c2NN)c1C. The number of nitrogens with zero attached hydrogens (tertiary/aromatic N) is 2. The number of nitro benzene ring substituents is 1. The molecule has 0 radical (unpaired) electrons. The Labute approximate surface area is 118 Å². The summed E-state index contributed by atoms with van der Waals surface area (Å²) in [5, 5.41) is 11.0. The van der Waals surface area contributed by atoms with E-state index in [-0.39, 0.29) is 22.8 Å². The van der Waals surface area contributed by atoms with Gasteiger partial charge < -0.3 is 5.43 Å². The molecule has 0 saturated heterocycles. The summed E-state index contributed by atoms with van der Waals surface area (Å²) in [6.45, 7) is 3.96. The summed E-state index contributed by atoms with van der Waals surface area (Å²) >= 11 is 1.16. The smallest absolute Gasteiger partial charge is 0.307 e. The summed E-state index contributed by atoms with van der Waals surface area (Å²) in [7, 11) is 0. The predicted octanol–water partition coefficient (Wildman–Crippen LogP) is 1.77. The maximum absolute atomic E-state index is 11.9. The van der Waals surface area contributed by atoms with Gasteiger partial charge in [-0.15, -0.1) is 0 Å². The molecule has 1 aromatic heterocycles. The quantitative estimate of drug-likeness (QED) is 0.508. The van der Waals surface area contributed by atoms with E-state index in [0.29, 0.717) is 5.56 Å². The molecule has 8 heteroatoms. The summed E-state index contributed by atoms with van der Waals surface area (Å²) in [6, 6.07) is 4.65. The Morgan fingerprint density at radius 1 is 1.45 bits per heavy atom. The average molecular weight is 294 g/mol. The summed E-state index contributed by atoms with van der Waals surface area (Å²) in [4.78, 5) is 23.2. The van der Waals surface area contributed by atoms with E-state index in [9.17, 15) is 14.9 Å². The van der Waals surface area contributed by atoms with Crippen LogP contribution in [0.1, 0.15) is 16.1 Å². The molecule has 20 heavy (non-hydrogen) atoms. The van der Waals surface area contributed by atoms with Crippen molar-refractivity contribution in [1.82, 2.24) is 4.57 Å². The molecule has 0 atom stereocenters. The number of rotatable bonds is 4.